The molecule has 3 rings (SSSR count). The molecular weight excluding hydrogens is 372 g/mol. The molecule has 1 aromatic carbocycles. The molecule has 148 valence electrons. The highest BCUT2D eigenvalue weighted by molar-refractivity contribution is 6.62. The molecule has 0 bridgehead atoms. The van der Waals surface area contributed by atoms with E-state index in [1.54, 1.807) is 24.3 Å². The molecule has 1 aliphatic rings. The zero-order chi connectivity index (χ0) is 20.7. The standard InChI is InChI=1S/C19H20BF3N2O3/c1-17(2)18(3,4)28-20(27-17)14-8-5-12(6-9-14)16(26)25-15-10-7-13(11-24-15)19(21,22)23/h5-11H,1-4H3,(H,24,25,26). The van der Waals surface area contributed by atoms with Crippen molar-refractivity contribution >= 4 is 24.3 Å². The van der Waals surface area contributed by atoms with E-state index in [1.165, 1.54) is 0 Å². The summed E-state index contributed by atoms with van der Waals surface area (Å²) < 4.78 is 49.6. The number of carbonyl (C=O) groups is 1. The minimum Gasteiger partial charge on any atom is -0.399 e. The van der Waals surface area contributed by atoms with Crippen LogP contribution in [-0.4, -0.2) is 29.2 Å². The highest BCUT2D eigenvalue weighted by atomic mass is 19.4. The van der Waals surface area contributed by atoms with E-state index in [1.807, 2.05) is 27.7 Å². The SMILES string of the molecule is CC1(C)OB(c2ccc(C(=O)Nc3ccc(C(F)(F)F)cn3)cc2)OC1(C)C. The van der Waals surface area contributed by atoms with Crippen LogP contribution in [0, 0.1) is 0 Å². The molecule has 0 radical (unpaired) electrons. The van der Waals surface area contributed by atoms with Gasteiger partial charge in [0.25, 0.3) is 5.91 Å². The van der Waals surface area contributed by atoms with Crippen LogP contribution < -0.4 is 10.8 Å². The van der Waals surface area contributed by atoms with Gasteiger partial charge in [0.1, 0.15) is 5.82 Å². The number of hydrogen-bond donors (Lipinski definition) is 1. The van der Waals surface area contributed by atoms with Gasteiger partial charge in [-0.2, -0.15) is 13.2 Å². The lowest BCUT2D eigenvalue weighted by Gasteiger charge is -2.32. The average molecular weight is 392 g/mol. The van der Waals surface area contributed by atoms with E-state index in [9.17, 15) is 18.0 Å². The molecule has 1 aromatic heterocycles. The molecule has 1 saturated heterocycles. The van der Waals surface area contributed by atoms with Crippen LogP contribution in [0.3, 0.4) is 0 Å². The van der Waals surface area contributed by atoms with Gasteiger partial charge in [0, 0.05) is 11.8 Å². The van der Waals surface area contributed by atoms with Gasteiger partial charge in [-0.1, -0.05) is 12.1 Å². The van der Waals surface area contributed by atoms with Gasteiger partial charge in [0.05, 0.1) is 16.8 Å². The Hall–Kier alpha value is -2.39. The van der Waals surface area contributed by atoms with Gasteiger partial charge >= 0.3 is 13.3 Å². The zero-order valence-corrected chi connectivity index (χ0v) is 15.9. The van der Waals surface area contributed by atoms with E-state index in [0.717, 1.165) is 17.6 Å². The minimum atomic E-state index is -4.47. The molecule has 28 heavy (non-hydrogen) atoms. The largest absolute Gasteiger partial charge is 0.494 e. The summed E-state index contributed by atoms with van der Waals surface area (Å²) >= 11 is 0. The maximum Gasteiger partial charge on any atom is 0.494 e. The Morgan fingerprint density at radius 2 is 1.57 bits per heavy atom. The van der Waals surface area contributed by atoms with Crippen molar-refractivity contribution in [3.05, 3.63) is 53.7 Å². The van der Waals surface area contributed by atoms with Gasteiger partial charge in [-0.15, -0.1) is 0 Å². The van der Waals surface area contributed by atoms with E-state index in [-0.39, 0.29) is 5.82 Å². The topological polar surface area (TPSA) is 60.5 Å². The van der Waals surface area contributed by atoms with E-state index >= 15 is 0 Å². The van der Waals surface area contributed by atoms with Crippen LogP contribution in [0.25, 0.3) is 0 Å². The summed E-state index contributed by atoms with van der Waals surface area (Å²) in [6.07, 6.45) is -3.80. The molecule has 2 aromatic rings. The number of hydrogen-bond acceptors (Lipinski definition) is 4. The number of amides is 1. The number of anilines is 1. The summed E-state index contributed by atoms with van der Waals surface area (Å²) in [5.41, 5.74) is -0.716. The summed E-state index contributed by atoms with van der Waals surface area (Å²) in [7, 11) is -0.543. The number of aromatic nitrogens is 1. The number of rotatable bonds is 3. The summed E-state index contributed by atoms with van der Waals surface area (Å²) in [5.74, 6) is -0.444. The quantitative estimate of drug-likeness (QED) is 0.811. The lowest BCUT2D eigenvalue weighted by atomic mass is 9.79. The Bertz CT molecular complexity index is 849. The third-order valence-corrected chi connectivity index (χ3v) is 5.03. The molecule has 5 nitrogen and oxygen atoms in total. The van der Waals surface area contributed by atoms with E-state index in [0.29, 0.717) is 11.8 Å². The number of pyridine rings is 1. The lowest BCUT2D eigenvalue weighted by Crippen LogP contribution is -2.41. The first kappa shape index (κ1) is 20.4. The van der Waals surface area contributed by atoms with E-state index in [2.05, 4.69) is 10.3 Å². The van der Waals surface area contributed by atoms with Crippen molar-refractivity contribution in [3.63, 3.8) is 0 Å². The van der Waals surface area contributed by atoms with Crippen LogP contribution in [0.15, 0.2) is 42.6 Å². The van der Waals surface area contributed by atoms with Gasteiger partial charge in [0.15, 0.2) is 0 Å². The normalized spacial score (nSPS) is 18.2. The zero-order valence-electron chi connectivity index (χ0n) is 15.9. The third-order valence-electron chi connectivity index (χ3n) is 5.03. The van der Waals surface area contributed by atoms with E-state index in [4.69, 9.17) is 9.31 Å². The summed E-state index contributed by atoms with van der Waals surface area (Å²) in [4.78, 5) is 15.9. The molecule has 1 amide bonds. The molecule has 1 aliphatic heterocycles. The number of halogens is 3. The fourth-order valence-electron chi connectivity index (χ4n) is 2.59. The van der Waals surface area contributed by atoms with Crippen molar-refractivity contribution in [2.24, 2.45) is 0 Å². The molecule has 2 heterocycles. The van der Waals surface area contributed by atoms with Gasteiger partial charge in [-0.3, -0.25) is 4.79 Å². The Balaban J connectivity index is 1.68. The third kappa shape index (κ3) is 4.05. The Labute approximate surface area is 161 Å². The maximum absolute atomic E-state index is 12.6. The smallest absolute Gasteiger partial charge is 0.399 e. The summed E-state index contributed by atoms with van der Waals surface area (Å²) in [6.45, 7) is 7.80. The molecule has 9 heteroatoms. The van der Waals surface area contributed by atoms with Crippen molar-refractivity contribution in [2.75, 3.05) is 5.32 Å². The predicted molar refractivity (Wildman–Crippen MR) is 99.4 cm³/mol. The predicted octanol–water partition coefficient (Wildman–Crippen LogP) is 3.65. The summed E-state index contributed by atoms with van der Waals surface area (Å²) in [5, 5.41) is 2.47. The Morgan fingerprint density at radius 3 is 2.04 bits per heavy atom. The monoisotopic (exact) mass is 392 g/mol. The Kier molecular flexibility index (Phi) is 5.01. The molecule has 1 N–H and O–H groups in total. The van der Waals surface area contributed by atoms with Crippen LogP contribution >= 0.6 is 0 Å². The number of carbonyl (C=O) groups excluding carboxylic acids is 1. The van der Waals surface area contributed by atoms with Gasteiger partial charge < -0.3 is 14.6 Å². The second-order valence-electron chi connectivity index (χ2n) is 7.59. The fraction of sp³-hybridized carbons (Fsp3) is 0.368. The second kappa shape index (κ2) is 6.90. The maximum atomic E-state index is 12.6. The van der Waals surface area contributed by atoms with Crippen LogP contribution in [0.2, 0.25) is 0 Å². The molecule has 0 spiro atoms. The first-order chi connectivity index (χ1) is 12.9. The highest BCUT2D eigenvalue weighted by Crippen LogP contribution is 2.36. The average Bonchev–Trinajstić information content (AvgIpc) is 2.82. The van der Waals surface area contributed by atoms with Crippen LogP contribution in [0.4, 0.5) is 19.0 Å². The minimum absolute atomic E-state index is 0.0352. The van der Waals surface area contributed by atoms with Gasteiger partial charge in [-0.05, 0) is 57.4 Å². The van der Waals surface area contributed by atoms with Crippen molar-refractivity contribution in [3.8, 4) is 0 Å². The number of benzene rings is 1. The van der Waals surface area contributed by atoms with Crippen LogP contribution in [0.5, 0.6) is 0 Å². The van der Waals surface area contributed by atoms with Gasteiger partial charge in [0.2, 0.25) is 0 Å². The molecule has 0 unspecified atom stereocenters. The van der Waals surface area contributed by atoms with Crippen LogP contribution in [-0.2, 0) is 15.5 Å². The fourth-order valence-corrected chi connectivity index (χ4v) is 2.59. The molecular formula is C19H20BF3N2O3. The van der Waals surface area contributed by atoms with E-state index < -0.39 is 36.0 Å². The highest BCUT2D eigenvalue weighted by Gasteiger charge is 2.51. The van der Waals surface area contributed by atoms with Crippen molar-refractivity contribution in [2.45, 2.75) is 45.1 Å². The first-order valence-corrected chi connectivity index (χ1v) is 8.69. The van der Waals surface area contributed by atoms with Crippen LogP contribution in [0.1, 0.15) is 43.6 Å². The van der Waals surface area contributed by atoms with Crippen molar-refractivity contribution < 1.29 is 27.3 Å². The van der Waals surface area contributed by atoms with Crippen molar-refractivity contribution in [1.82, 2.24) is 4.98 Å². The second-order valence-corrected chi connectivity index (χ2v) is 7.59. The molecule has 0 atom stereocenters. The van der Waals surface area contributed by atoms with Gasteiger partial charge in [-0.25, -0.2) is 4.98 Å². The number of nitrogens with zero attached hydrogens (tertiary/aromatic N) is 1. The molecule has 0 aliphatic carbocycles. The molecule has 1 fully saturated rings. The Morgan fingerprint density at radius 1 is 1.00 bits per heavy atom. The number of alkyl halides is 3. The first-order valence-electron chi connectivity index (χ1n) is 8.69. The molecule has 0 saturated carbocycles. The van der Waals surface area contributed by atoms with Crippen molar-refractivity contribution in [1.29, 1.82) is 0 Å². The number of nitrogens with one attached hydrogen (secondary N) is 1. The summed E-state index contributed by atoms with van der Waals surface area (Å²) in [6, 6.07) is 8.61. The lowest BCUT2D eigenvalue weighted by molar-refractivity contribution is -0.137.